The molecule has 0 saturated heterocycles. The van der Waals surface area contributed by atoms with Gasteiger partial charge in [0, 0.05) is 21.6 Å². The number of hydrogen-bond donors (Lipinski definition) is 0. The fourth-order valence-electron chi connectivity index (χ4n) is 3.40. The largest absolute Gasteiger partial charge is 0.293 e. The van der Waals surface area contributed by atoms with Gasteiger partial charge in [0.1, 0.15) is 12.5 Å². The van der Waals surface area contributed by atoms with E-state index in [2.05, 4.69) is 13.2 Å². The standard InChI is InChI=1S/C28H19F9O4S2/c1-5-14-25(40)26(41)15-8-19(18(38)7-13(31)6-16(32)22(36)17(33)9-29)43-28(15)27(14)42-12(4)24(39)10(2)20(34)23(37)21(35)11(3)30/h6,8,16H,3-5,7,9H2,1-2H3/b13-6?,20-10-,22-17-,23-21-. The maximum atomic E-state index is 14.3. The smallest absolute Gasteiger partial charge is 0.234 e. The van der Waals surface area contributed by atoms with Crippen LogP contribution in [0, 0.1) is 0 Å². The average Bonchev–Trinajstić information content (AvgIpc) is 3.42. The monoisotopic (exact) mass is 654 g/mol. The van der Waals surface area contributed by atoms with E-state index < -0.39 is 93.7 Å². The molecule has 0 spiro atoms. The highest BCUT2D eigenvalue weighted by atomic mass is 32.2. The average molecular weight is 655 g/mol. The maximum Gasteiger partial charge on any atom is 0.234 e. The molecule has 1 aromatic heterocycles. The first kappa shape index (κ1) is 35.5. The lowest BCUT2D eigenvalue weighted by Crippen LogP contribution is -2.22. The van der Waals surface area contributed by atoms with Gasteiger partial charge in [0.2, 0.25) is 11.6 Å². The third-order valence-corrected chi connectivity index (χ3v) is 8.02. The van der Waals surface area contributed by atoms with Gasteiger partial charge in [0.05, 0.1) is 21.1 Å². The number of rotatable bonds is 13. The molecule has 0 saturated carbocycles. The fraction of sp³-hybridized carbons (Fsp3) is 0.214. The summed E-state index contributed by atoms with van der Waals surface area (Å²) >= 11 is 0.970. The van der Waals surface area contributed by atoms with E-state index in [9.17, 15) is 58.7 Å². The fourth-order valence-corrected chi connectivity index (χ4v) is 5.76. The van der Waals surface area contributed by atoms with Gasteiger partial charge < -0.3 is 0 Å². The molecule has 4 nitrogen and oxygen atoms in total. The number of alkyl halides is 2. The molecule has 230 valence electrons. The van der Waals surface area contributed by atoms with Crippen molar-refractivity contribution in [1.29, 1.82) is 0 Å². The molecule has 43 heavy (non-hydrogen) atoms. The minimum atomic E-state index is -3.03. The number of thioether (sulfide) groups is 1. The normalized spacial score (nSPS) is 16.3. The van der Waals surface area contributed by atoms with Gasteiger partial charge in [0.15, 0.2) is 52.7 Å². The van der Waals surface area contributed by atoms with Crippen LogP contribution < -0.4 is 0 Å². The van der Waals surface area contributed by atoms with E-state index in [4.69, 9.17) is 0 Å². The number of halogens is 9. The zero-order valence-electron chi connectivity index (χ0n) is 22.1. The summed E-state index contributed by atoms with van der Waals surface area (Å²) in [6.07, 6.45) is -4.42. The van der Waals surface area contributed by atoms with Gasteiger partial charge in [-0.1, -0.05) is 31.8 Å². The first-order valence-electron chi connectivity index (χ1n) is 11.8. The van der Waals surface area contributed by atoms with Gasteiger partial charge in [-0.15, -0.1) is 11.3 Å². The van der Waals surface area contributed by atoms with Crippen LogP contribution in [0.1, 0.15) is 51.6 Å². The molecule has 0 aliphatic heterocycles. The van der Waals surface area contributed by atoms with Crippen LogP contribution in [0.3, 0.4) is 0 Å². The predicted octanol–water partition coefficient (Wildman–Crippen LogP) is 9.21. The third-order valence-electron chi connectivity index (χ3n) is 5.61. The molecular formula is C28H19F9O4S2. The molecule has 1 aliphatic carbocycles. The Hall–Kier alpha value is -3.72. The van der Waals surface area contributed by atoms with Crippen LogP contribution in [0.15, 0.2) is 82.1 Å². The van der Waals surface area contributed by atoms with Crippen molar-refractivity contribution in [3.05, 3.63) is 97.5 Å². The summed E-state index contributed by atoms with van der Waals surface area (Å²) in [4.78, 5) is 49.7. The number of ketones is 4. The van der Waals surface area contributed by atoms with Gasteiger partial charge in [-0.05, 0) is 25.5 Å². The minimum Gasteiger partial charge on any atom is -0.293 e. The quantitative estimate of drug-likeness (QED) is 0.0698. The molecular weight excluding hydrogens is 635 g/mol. The van der Waals surface area contributed by atoms with Crippen LogP contribution in [0.4, 0.5) is 39.5 Å². The van der Waals surface area contributed by atoms with Crippen LogP contribution in [0.25, 0.3) is 4.91 Å². The highest BCUT2D eigenvalue weighted by molar-refractivity contribution is 8.12. The second-order valence-electron chi connectivity index (χ2n) is 8.50. The molecule has 1 unspecified atom stereocenters. The van der Waals surface area contributed by atoms with Gasteiger partial charge in [0.25, 0.3) is 0 Å². The van der Waals surface area contributed by atoms with Crippen molar-refractivity contribution in [2.24, 2.45) is 0 Å². The summed E-state index contributed by atoms with van der Waals surface area (Å²) in [6.45, 7) is 6.14. The lowest BCUT2D eigenvalue weighted by atomic mass is 9.93. The van der Waals surface area contributed by atoms with Crippen molar-refractivity contribution in [2.75, 3.05) is 6.67 Å². The van der Waals surface area contributed by atoms with Crippen LogP contribution in [-0.4, -0.2) is 36.0 Å². The summed E-state index contributed by atoms with van der Waals surface area (Å²) in [7, 11) is 0. The Kier molecular flexibility index (Phi) is 12.1. The van der Waals surface area contributed by atoms with Crippen molar-refractivity contribution in [3.63, 3.8) is 0 Å². The SMILES string of the molecule is C=C(SC1=C(CC)C(=O)C(=O)c2cc(C(=O)CC(F)=CC(F)/C(F)=C(/F)CF)sc21)C(=O)/C(C)=C(F)/C(F)=C(/F)C(=C)F. The minimum absolute atomic E-state index is 0.0662. The lowest BCUT2D eigenvalue weighted by molar-refractivity contribution is -0.112. The Morgan fingerprint density at radius 1 is 1.00 bits per heavy atom. The van der Waals surface area contributed by atoms with Gasteiger partial charge in [-0.2, -0.15) is 0 Å². The highest BCUT2D eigenvalue weighted by Gasteiger charge is 2.36. The van der Waals surface area contributed by atoms with Crippen molar-refractivity contribution < 1.29 is 58.7 Å². The molecule has 0 fully saturated rings. The lowest BCUT2D eigenvalue weighted by Gasteiger charge is -2.18. The summed E-state index contributed by atoms with van der Waals surface area (Å²) in [5, 5.41) is 0. The van der Waals surface area contributed by atoms with Crippen LogP contribution in [0.5, 0.6) is 0 Å². The third kappa shape index (κ3) is 7.82. The first-order valence-corrected chi connectivity index (χ1v) is 13.4. The molecule has 0 amide bonds. The summed E-state index contributed by atoms with van der Waals surface area (Å²) in [5.74, 6) is -19.0. The van der Waals surface area contributed by atoms with E-state index in [1.807, 2.05) is 0 Å². The number of allylic oxidation sites excluding steroid dienone is 11. The van der Waals surface area contributed by atoms with E-state index in [-0.39, 0.29) is 38.3 Å². The highest BCUT2D eigenvalue weighted by Crippen LogP contribution is 2.46. The van der Waals surface area contributed by atoms with Crippen molar-refractivity contribution >= 4 is 51.1 Å². The van der Waals surface area contributed by atoms with Gasteiger partial charge in [-0.25, -0.2) is 39.5 Å². The van der Waals surface area contributed by atoms with Crippen molar-refractivity contribution in [1.82, 2.24) is 0 Å². The number of carbonyl (C=O) groups is 4. The summed E-state index contributed by atoms with van der Waals surface area (Å²) in [5.41, 5.74) is -1.54. The molecule has 1 aromatic rings. The van der Waals surface area contributed by atoms with E-state index in [1.165, 1.54) is 6.92 Å². The molecule has 15 heteroatoms. The Morgan fingerprint density at radius 2 is 1.60 bits per heavy atom. The molecule has 0 radical (unpaired) electrons. The van der Waals surface area contributed by atoms with Crippen LogP contribution in [0.2, 0.25) is 0 Å². The second kappa shape index (κ2) is 14.6. The van der Waals surface area contributed by atoms with E-state index in [1.54, 1.807) is 0 Å². The predicted molar refractivity (Wildman–Crippen MR) is 144 cm³/mol. The Morgan fingerprint density at radius 3 is 2.14 bits per heavy atom. The number of fused-ring (bicyclic) bond motifs is 1. The van der Waals surface area contributed by atoms with Gasteiger partial charge in [-0.3, -0.25) is 19.2 Å². The number of carbonyl (C=O) groups excluding carboxylic acids is 4. The Labute approximate surface area is 246 Å². The van der Waals surface area contributed by atoms with Crippen LogP contribution >= 0.6 is 23.1 Å². The van der Waals surface area contributed by atoms with Crippen molar-refractivity contribution in [3.8, 4) is 0 Å². The zero-order valence-corrected chi connectivity index (χ0v) is 23.8. The van der Waals surface area contributed by atoms with Gasteiger partial charge >= 0.3 is 0 Å². The first-order chi connectivity index (χ1) is 20.0. The Balaban J connectivity index is 2.47. The van der Waals surface area contributed by atoms with Crippen LogP contribution in [-0.2, 0) is 9.59 Å². The maximum absolute atomic E-state index is 14.3. The zero-order chi connectivity index (χ0) is 32.9. The molecule has 2 rings (SSSR count). The summed E-state index contributed by atoms with van der Waals surface area (Å²) < 4.78 is 121. The Bertz CT molecular complexity index is 1590. The number of hydrogen-bond acceptors (Lipinski definition) is 6. The molecule has 1 aliphatic rings. The van der Waals surface area contributed by atoms with E-state index >= 15 is 0 Å². The topological polar surface area (TPSA) is 68.3 Å². The molecule has 0 bridgehead atoms. The summed E-state index contributed by atoms with van der Waals surface area (Å²) in [6, 6.07) is 0.918. The molecule has 1 atom stereocenters. The molecule has 0 N–H and O–H groups in total. The van der Waals surface area contributed by atoms with Crippen molar-refractivity contribution in [2.45, 2.75) is 32.9 Å². The van der Waals surface area contributed by atoms with E-state index in [0.717, 1.165) is 13.0 Å². The van der Waals surface area contributed by atoms with E-state index in [0.29, 0.717) is 23.1 Å². The number of Topliss-reactive ketones (excluding diaryl/α,β-unsaturated/α-hetero) is 4. The number of thiophene rings is 1. The molecule has 1 heterocycles. The molecule has 0 aromatic carbocycles. The second-order valence-corrected chi connectivity index (χ2v) is 10.7.